The van der Waals surface area contributed by atoms with Gasteiger partial charge in [-0.05, 0) is 71.1 Å². The second kappa shape index (κ2) is 7.80. The van der Waals surface area contributed by atoms with Crippen LogP contribution in [0.3, 0.4) is 0 Å². The number of carbonyl (C=O) groups is 1. The highest BCUT2D eigenvalue weighted by Crippen LogP contribution is 2.25. The molecule has 2 aromatic carbocycles. The quantitative estimate of drug-likeness (QED) is 0.444. The Morgan fingerprint density at radius 2 is 1.88 bits per heavy atom. The van der Waals surface area contributed by atoms with Crippen LogP contribution in [0.25, 0.3) is 11.3 Å². The van der Waals surface area contributed by atoms with Crippen LogP contribution in [0.15, 0.2) is 64.4 Å². The third kappa shape index (κ3) is 4.57. The van der Waals surface area contributed by atoms with E-state index in [2.05, 4.69) is 32.9 Å². The average Bonchev–Trinajstić information content (AvgIpc) is 3.05. The molecule has 1 N–H and O–H groups in total. The maximum absolute atomic E-state index is 12.9. The van der Waals surface area contributed by atoms with E-state index < -0.39 is 0 Å². The van der Waals surface area contributed by atoms with Gasteiger partial charge in [0.05, 0.1) is 11.9 Å². The molecule has 0 bridgehead atoms. The van der Waals surface area contributed by atoms with Crippen molar-refractivity contribution in [2.45, 2.75) is 5.22 Å². The largest absolute Gasteiger partial charge is 0.431 e. The number of aromatic nitrogens is 1. The van der Waals surface area contributed by atoms with Crippen molar-refractivity contribution in [2.24, 2.45) is 0 Å². The number of carbonyl (C=O) groups excluding carboxylic acids is 1. The highest BCUT2D eigenvalue weighted by Gasteiger charge is 2.10. The highest BCUT2D eigenvalue weighted by atomic mass is 127. The van der Waals surface area contributed by atoms with Crippen LogP contribution in [0, 0.1) is 9.39 Å². The Morgan fingerprint density at radius 3 is 2.58 bits per heavy atom. The summed E-state index contributed by atoms with van der Waals surface area (Å²) < 4.78 is 19.6. The zero-order valence-electron chi connectivity index (χ0n) is 12.3. The van der Waals surface area contributed by atoms with E-state index in [0.717, 1.165) is 14.8 Å². The van der Waals surface area contributed by atoms with Gasteiger partial charge in [0.2, 0.25) is 5.91 Å². The van der Waals surface area contributed by atoms with Crippen molar-refractivity contribution in [1.29, 1.82) is 0 Å². The van der Waals surface area contributed by atoms with Crippen LogP contribution in [0.2, 0.25) is 0 Å². The first-order valence-electron chi connectivity index (χ1n) is 7.00. The lowest BCUT2D eigenvalue weighted by Crippen LogP contribution is -2.13. The number of benzene rings is 2. The minimum absolute atomic E-state index is 0.136. The van der Waals surface area contributed by atoms with Gasteiger partial charge >= 0.3 is 0 Å². The summed E-state index contributed by atoms with van der Waals surface area (Å²) >= 11 is 3.41. The molecule has 1 heterocycles. The summed E-state index contributed by atoms with van der Waals surface area (Å²) in [6.45, 7) is 0. The zero-order valence-corrected chi connectivity index (χ0v) is 15.3. The van der Waals surface area contributed by atoms with Crippen molar-refractivity contribution in [3.8, 4) is 11.3 Å². The lowest BCUT2D eigenvalue weighted by atomic mass is 10.2. The van der Waals surface area contributed by atoms with Gasteiger partial charge in [-0.15, -0.1) is 0 Å². The molecule has 4 nitrogen and oxygen atoms in total. The first-order chi connectivity index (χ1) is 11.6. The van der Waals surface area contributed by atoms with E-state index in [1.165, 1.54) is 23.9 Å². The Kier molecular flexibility index (Phi) is 5.52. The smallest absolute Gasteiger partial charge is 0.256 e. The van der Waals surface area contributed by atoms with Crippen LogP contribution in [-0.2, 0) is 4.79 Å². The number of thioether (sulfide) groups is 1. The van der Waals surface area contributed by atoms with E-state index in [1.807, 2.05) is 24.3 Å². The minimum atomic E-state index is -0.305. The van der Waals surface area contributed by atoms with Crippen LogP contribution < -0.4 is 5.32 Å². The van der Waals surface area contributed by atoms with Crippen LogP contribution in [0.4, 0.5) is 10.1 Å². The maximum Gasteiger partial charge on any atom is 0.256 e. The number of oxazole rings is 1. The van der Waals surface area contributed by atoms with E-state index >= 15 is 0 Å². The summed E-state index contributed by atoms with van der Waals surface area (Å²) in [7, 11) is 0. The van der Waals surface area contributed by atoms with Crippen LogP contribution in [0.5, 0.6) is 0 Å². The van der Waals surface area contributed by atoms with E-state index in [-0.39, 0.29) is 17.5 Å². The summed E-state index contributed by atoms with van der Waals surface area (Å²) in [5.74, 6) is 0.286. The van der Waals surface area contributed by atoms with Gasteiger partial charge in [-0.3, -0.25) is 4.79 Å². The van der Waals surface area contributed by atoms with E-state index in [0.29, 0.717) is 11.0 Å². The van der Waals surface area contributed by atoms with Crippen molar-refractivity contribution in [1.82, 2.24) is 4.98 Å². The number of anilines is 1. The van der Waals surface area contributed by atoms with Crippen molar-refractivity contribution in [3.63, 3.8) is 0 Å². The number of nitrogens with one attached hydrogen (secondary N) is 1. The summed E-state index contributed by atoms with van der Waals surface area (Å²) in [4.78, 5) is 16.1. The molecule has 1 aromatic heterocycles. The number of rotatable bonds is 5. The summed E-state index contributed by atoms with van der Waals surface area (Å²) in [6.07, 6.45) is 1.56. The fourth-order valence-corrected chi connectivity index (χ4v) is 2.89. The predicted octanol–water partition coefficient (Wildman–Crippen LogP) is 4.82. The molecule has 3 aromatic rings. The van der Waals surface area contributed by atoms with Gasteiger partial charge in [0.25, 0.3) is 5.22 Å². The first-order valence-corrected chi connectivity index (χ1v) is 9.06. The lowest BCUT2D eigenvalue weighted by molar-refractivity contribution is -0.113. The number of halogens is 2. The standard InChI is InChI=1S/C17H12FIN2O2S/c18-12-3-1-11(2-4-12)15-9-20-17(23-15)24-10-16(22)21-14-7-5-13(19)6-8-14/h1-9H,10H2,(H,21,22). The van der Waals surface area contributed by atoms with Gasteiger partial charge in [-0.1, -0.05) is 11.8 Å². The fraction of sp³-hybridized carbons (Fsp3) is 0.0588. The molecule has 0 aliphatic rings. The summed E-state index contributed by atoms with van der Waals surface area (Å²) in [6, 6.07) is 13.5. The van der Waals surface area contributed by atoms with Gasteiger partial charge in [0.1, 0.15) is 5.82 Å². The first kappa shape index (κ1) is 17.0. The Bertz CT molecular complexity index is 835. The molecule has 0 atom stereocenters. The van der Waals surface area contributed by atoms with E-state index in [9.17, 15) is 9.18 Å². The maximum atomic E-state index is 12.9. The van der Waals surface area contributed by atoms with Gasteiger partial charge in [-0.2, -0.15) is 0 Å². The molecule has 0 aliphatic heterocycles. The molecule has 0 spiro atoms. The number of nitrogens with zero attached hydrogens (tertiary/aromatic N) is 1. The second-order valence-electron chi connectivity index (χ2n) is 4.84. The van der Waals surface area contributed by atoms with E-state index in [4.69, 9.17) is 4.42 Å². The molecule has 7 heteroatoms. The monoisotopic (exact) mass is 454 g/mol. The van der Waals surface area contributed by atoms with Crippen molar-refractivity contribution < 1.29 is 13.6 Å². The molecule has 0 aliphatic carbocycles. The Labute approximate surface area is 156 Å². The zero-order chi connectivity index (χ0) is 16.9. The Balaban J connectivity index is 1.56. The van der Waals surface area contributed by atoms with Gasteiger partial charge < -0.3 is 9.73 Å². The highest BCUT2D eigenvalue weighted by molar-refractivity contribution is 14.1. The van der Waals surface area contributed by atoms with Crippen molar-refractivity contribution in [2.75, 3.05) is 11.1 Å². The molecular weight excluding hydrogens is 442 g/mol. The lowest BCUT2D eigenvalue weighted by Gasteiger charge is -2.03. The summed E-state index contributed by atoms with van der Waals surface area (Å²) in [5.41, 5.74) is 1.49. The molecule has 0 radical (unpaired) electrons. The van der Waals surface area contributed by atoms with Gasteiger partial charge in [0, 0.05) is 14.8 Å². The average molecular weight is 454 g/mol. The topological polar surface area (TPSA) is 55.1 Å². The molecule has 0 unspecified atom stereocenters. The van der Waals surface area contributed by atoms with Crippen LogP contribution >= 0.6 is 34.4 Å². The molecule has 3 rings (SSSR count). The number of amides is 1. The fourth-order valence-electron chi connectivity index (χ4n) is 1.93. The third-order valence-electron chi connectivity index (χ3n) is 3.07. The molecule has 122 valence electrons. The molecule has 1 amide bonds. The molecule has 0 saturated carbocycles. The van der Waals surface area contributed by atoms with Crippen molar-refractivity contribution >= 4 is 45.9 Å². The Morgan fingerprint density at radius 1 is 1.17 bits per heavy atom. The van der Waals surface area contributed by atoms with Crippen LogP contribution in [0.1, 0.15) is 0 Å². The number of hydrogen-bond donors (Lipinski definition) is 1. The molecular formula is C17H12FIN2O2S. The Hall–Kier alpha value is -1.87. The molecule has 0 fully saturated rings. The van der Waals surface area contributed by atoms with Crippen molar-refractivity contribution in [3.05, 3.63) is 64.1 Å². The normalized spacial score (nSPS) is 10.6. The van der Waals surface area contributed by atoms with E-state index in [1.54, 1.807) is 18.3 Å². The SMILES string of the molecule is O=C(CSc1ncc(-c2ccc(F)cc2)o1)Nc1ccc(I)cc1. The predicted molar refractivity (Wildman–Crippen MR) is 100 cm³/mol. The second-order valence-corrected chi connectivity index (χ2v) is 7.01. The molecule has 24 heavy (non-hydrogen) atoms. The third-order valence-corrected chi connectivity index (χ3v) is 4.63. The minimum Gasteiger partial charge on any atom is -0.431 e. The number of hydrogen-bond acceptors (Lipinski definition) is 4. The van der Waals surface area contributed by atoms with Crippen LogP contribution in [-0.4, -0.2) is 16.6 Å². The summed E-state index contributed by atoms with van der Waals surface area (Å²) in [5, 5.41) is 3.21. The van der Waals surface area contributed by atoms with Gasteiger partial charge in [-0.25, -0.2) is 9.37 Å². The molecule has 0 saturated heterocycles. The van der Waals surface area contributed by atoms with Gasteiger partial charge in [0.15, 0.2) is 5.76 Å².